The summed E-state index contributed by atoms with van der Waals surface area (Å²) in [5.41, 5.74) is 1.01. The molecular formula is C18H19BrN2O. The van der Waals surface area contributed by atoms with Gasteiger partial charge in [0.05, 0.1) is 0 Å². The van der Waals surface area contributed by atoms with Gasteiger partial charge in [0.15, 0.2) is 0 Å². The van der Waals surface area contributed by atoms with Gasteiger partial charge in [0.25, 0.3) is 0 Å². The van der Waals surface area contributed by atoms with E-state index in [1.54, 1.807) is 0 Å². The van der Waals surface area contributed by atoms with Gasteiger partial charge in [-0.05, 0) is 80.0 Å². The summed E-state index contributed by atoms with van der Waals surface area (Å²) in [6, 6.07) is 8.08. The van der Waals surface area contributed by atoms with Gasteiger partial charge in [-0.25, -0.2) is 0 Å². The van der Waals surface area contributed by atoms with Crippen molar-refractivity contribution >= 4 is 15.9 Å². The van der Waals surface area contributed by atoms with E-state index in [9.17, 15) is 0 Å². The van der Waals surface area contributed by atoms with Crippen LogP contribution in [0.3, 0.4) is 0 Å². The van der Waals surface area contributed by atoms with Gasteiger partial charge in [0, 0.05) is 16.0 Å². The Morgan fingerprint density at radius 3 is 2.14 bits per heavy atom. The monoisotopic (exact) mass is 358 g/mol. The molecule has 0 aliphatic heterocycles. The largest absolute Gasteiger partial charge is 0.420 e. The van der Waals surface area contributed by atoms with Crippen LogP contribution < -0.4 is 0 Å². The van der Waals surface area contributed by atoms with Crippen LogP contribution in [0.2, 0.25) is 0 Å². The zero-order valence-corrected chi connectivity index (χ0v) is 14.0. The maximum Gasteiger partial charge on any atom is 0.247 e. The predicted octanol–water partition coefficient (Wildman–Crippen LogP) is 5.04. The van der Waals surface area contributed by atoms with Crippen molar-refractivity contribution in [3.8, 4) is 11.5 Å². The molecule has 0 radical (unpaired) electrons. The van der Waals surface area contributed by atoms with Crippen molar-refractivity contribution in [2.75, 3.05) is 0 Å². The van der Waals surface area contributed by atoms with Crippen molar-refractivity contribution in [3.63, 3.8) is 0 Å². The number of halogens is 1. The molecule has 4 aliphatic carbocycles. The van der Waals surface area contributed by atoms with Crippen LogP contribution in [0.5, 0.6) is 0 Å². The van der Waals surface area contributed by atoms with Gasteiger partial charge < -0.3 is 4.42 Å². The first kappa shape index (κ1) is 13.3. The van der Waals surface area contributed by atoms with Gasteiger partial charge in [-0.3, -0.25) is 0 Å². The van der Waals surface area contributed by atoms with Gasteiger partial charge in [-0.2, -0.15) is 0 Å². The second kappa shape index (κ2) is 4.92. The molecule has 114 valence electrons. The highest BCUT2D eigenvalue weighted by Gasteiger charge is 2.50. The molecule has 3 nitrogen and oxygen atoms in total. The normalized spacial score (nSPS) is 36.0. The molecule has 1 aromatic carbocycles. The Kier molecular flexibility index (Phi) is 2.97. The SMILES string of the molecule is Brc1ccc(-c2nnc(C3C4CC5CC(C4)CC3C5)o2)cc1. The molecule has 4 fully saturated rings. The highest BCUT2D eigenvalue weighted by Crippen LogP contribution is 2.59. The van der Waals surface area contributed by atoms with E-state index in [1.165, 1.54) is 32.1 Å². The van der Waals surface area contributed by atoms with Crippen molar-refractivity contribution in [2.24, 2.45) is 23.7 Å². The van der Waals surface area contributed by atoms with Crippen LogP contribution in [0.4, 0.5) is 0 Å². The highest BCUT2D eigenvalue weighted by molar-refractivity contribution is 9.10. The lowest BCUT2D eigenvalue weighted by Crippen LogP contribution is -2.43. The second-order valence-electron chi connectivity index (χ2n) is 7.41. The van der Waals surface area contributed by atoms with Crippen LogP contribution in [-0.4, -0.2) is 10.2 Å². The molecule has 0 unspecified atom stereocenters. The lowest BCUT2D eigenvalue weighted by molar-refractivity contribution is -0.0113. The quantitative estimate of drug-likeness (QED) is 0.754. The first-order valence-electron chi connectivity index (χ1n) is 8.35. The topological polar surface area (TPSA) is 38.9 Å². The fourth-order valence-corrected chi connectivity index (χ4v) is 5.67. The fraction of sp³-hybridized carbons (Fsp3) is 0.556. The second-order valence-corrected chi connectivity index (χ2v) is 8.32. The molecule has 1 aromatic heterocycles. The third-order valence-corrected chi connectivity index (χ3v) is 6.57. The van der Waals surface area contributed by atoms with E-state index in [-0.39, 0.29) is 0 Å². The minimum Gasteiger partial charge on any atom is -0.420 e. The van der Waals surface area contributed by atoms with Gasteiger partial charge in [0.2, 0.25) is 11.8 Å². The summed E-state index contributed by atoms with van der Waals surface area (Å²) in [5.74, 6) is 5.61. The molecule has 0 saturated heterocycles. The molecule has 4 saturated carbocycles. The van der Waals surface area contributed by atoms with E-state index in [2.05, 4.69) is 26.1 Å². The van der Waals surface area contributed by atoms with E-state index in [0.29, 0.717) is 11.8 Å². The van der Waals surface area contributed by atoms with Crippen molar-refractivity contribution < 1.29 is 4.42 Å². The lowest BCUT2D eigenvalue weighted by Gasteiger charge is -2.53. The predicted molar refractivity (Wildman–Crippen MR) is 87.2 cm³/mol. The maximum atomic E-state index is 6.10. The minimum atomic E-state index is 0.518. The van der Waals surface area contributed by atoms with Crippen molar-refractivity contribution in [2.45, 2.75) is 38.0 Å². The van der Waals surface area contributed by atoms with Gasteiger partial charge in [0.1, 0.15) is 0 Å². The van der Waals surface area contributed by atoms with Crippen LogP contribution in [0.25, 0.3) is 11.5 Å². The van der Waals surface area contributed by atoms with Crippen LogP contribution >= 0.6 is 15.9 Å². The van der Waals surface area contributed by atoms with Gasteiger partial charge in [-0.1, -0.05) is 15.9 Å². The molecule has 0 N–H and O–H groups in total. The molecule has 0 spiro atoms. The van der Waals surface area contributed by atoms with Crippen LogP contribution in [0.15, 0.2) is 33.2 Å². The van der Waals surface area contributed by atoms with Gasteiger partial charge in [-0.15, -0.1) is 10.2 Å². The standard InChI is InChI=1S/C18H19BrN2O/c19-15-3-1-12(2-4-15)17-20-21-18(22-17)16-13-6-10-5-11(8-13)9-14(16)7-10/h1-4,10-11,13-14,16H,5-9H2. The van der Waals surface area contributed by atoms with E-state index in [4.69, 9.17) is 4.42 Å². The third kappa shape index (κ3) is 2.07. The average Bonchev–Trinajstić information content (AvgIpc) is 2.96. The Bertz CT molecular complexity index is 665. The smallest absolute Gasteiger partial charge is 0.247 e. The average molecular weight is 359 g/mol. The first-order valence-corrected chi connectivity index (χ1v) is 9.15. The highest BCUT2D eigenvalue weighted by atomic mass is 79.9. The zero-order valence-electron chi connectivity index (χ0n) is 12.4. The number of aromatic nitrogens is 2. The third-order valence-electron chi connectivity index (χ3n) is 6.04. The van der Waals surface area contributed by atoms with Crippen LogP contribution in [0.1, 0.15) is 43.9 Å². The molecule has 4 aliphatic rings. The maximum absolute atomic E-state index is 6.10. The molecule has 22 heavy (non-hydrogen) atoms. The van der Waals surface area contributed by atoms with E-state index in [0.717, 1.165) is 39.6 Å². The first-order chi connectivity index (χ1) is 10.8. The van der Waals surface area contributed by atoms with Gasteiger partial charge >= 0.3 is 0 Å². The van der Waals surface area contributed by atoms with E-state index in [1.807, 2.05) is 24.3 Å². The van der Waals surface area contributed by atoms with Crippen molar-refractivity contribution in [1.82, 2.24) is 10.2 Å². The Labute approximate surface area is 138 Å². The summed E-state index contributed by atoms with van der Waals surface area (Å²) in [5, 5.41) is 8.75. The molecular weight excluding hydrogens is 340 g/mol. The van der Waals surface area contributed by atoms with Crippen molar-refractivity contribution in [3.05, 3.63) is 34.6 Å². The molecule has 0 atom stereocenters. The fourth-order valence-electron chi connectivity index (χ4n) is 5.41. The number of hydrogen-bond acceptors (Lipinski definition) is 3. The molecule has 6 rings (SSSR count). The minimum absolute atomic E-state index is 0.518. The Morgan fingerprint density at radius 2 is 1.50 bits per heavy atom. The summed E-state index contributed by atoms with van der Waals surface area (Å²) in [7, 11) is 0. The summed E-state index contributed by atoms with van der Waals surface area (Å²) >= 11 is 3.46. The zero-order chi connectivity index (χ0) is 14.7. The number of benzene rings is 1. The molecule has 2 aromatic rings. The molecule has 1 heterocycles. The van der Waals surface area contributed by atoms with Crippen molar-refractivity contribution in [1.29, 1.82) is 0 Å². The molecule has 4 heteroatoms. The summed E-state index contributed by atoms with van der Waals surface area (Å²) in [6.45, 7) is 0. The summed E-state index contributed by atoms with van der Waals surface area (Å²) in [6.07, 6.45) is 7.01. The molecule has 4 bridgehead atoms. The van der Waals surface area contributed by atoms with E-state index >= 15 is 0 Å². The number of rotatable bonds is 2. The lowest BCUT2D eigenvalue weighted by atomic mass is 9.52. The number of nitrogens with zero attached hydrogens (tertiary/aromatic N) is 2. The Hall–Kier alpha value is -1.16. The molecule has 0 amide bonds. The van der Waals surface area contributed by atoms with Crippen LogP contribution in [-0.2, 0) is 0 Å². The van der Waals surface area contributed by atoms with E-state index < -0.39 is 0 Å². The van der Waals surface area contributed by atoms with Crippen LogP contribution in [0, 0.1) is 23.7 Å². The Morgan fingerprint density at radius 1 is 0.864 bits per heavy atom. The summed E-state index contributed by atoms with van der Waals surface area (Å²) in [4.78, 5) is 0. The Balaban J connectivity index is 1.46. The summed E-state index contributed by atoms with van der Waals surface area (Å²) < 4.78 is 7.16. The number of hydrogen-bond donors (Lipinski definition) is 0.